The van der Waals surface area contributed by atoms with E-state index in [0.717, 1.165) is 0 Å². The van der Waals surface area contributed by atoms with E-state index in [9.17, 15) is 52.7 Å². The zero-order valence-corrected chi connectivity index (χ0v) is 33.9. The molecule has 5 heterocycles. The molecule has 0 spiro atoms. The number of nitrogens with zero attached hydrogens (tertiary/aromatic N) is 2. The Hall–Kier alpha value is -7.26. The quantitative estimate of drug-likeness (QED) is 0.0799. The first-order chi connectivity index (χ1) is 32.1. The molecule has 2 N–H and O–H groups in total. The minimum absolute atomic E-state index is 0. The van der Waals surface area contributed by atoms with Crippen LogP contribution in [0.5, 0.6) is 0 Å². The molecule has 4 aromatic carbocycles. The summed E-state index contributed by atoms with van der Waals surface area (Å²) in [5.74, 6) is -52.6. The molecular formula is C44H10F20N4Pd. The van der Waals surface area contributed by atoms with E-state index in [0.29, 0.717) is 48.6 Å². The van der Waals surface area contributed by atoms with Crippen LogP contribution in [-0.2, 0) is 20.4 Å². The molecule has 2 aliphatic heterocycles. The van der Waals surface area contributed by atoms with Gasteiger partial charge in [-0.15, -0.1) is 0 Å². The maximum Gasteiger partial charge on any atom is 0.200 e. The number of nitrogens with one attached hydrogen (secondary N) is 2. The van der Waals surface area contributed by atoms with Gasteiger partial charge in [-0.3, -0.25) is 0 Å². The Kier molecular flexibility index (Phi) is 11.9. The number of fused-ring (bicyclic) bond motifs is 8. The monoisotopic (exact) mass is 1080 g/mol. The Morgan fingerprint density at radius 1 is 0.217 bits per heavy atom. The molecule has 0 radical (unpaired) electrons. The number of benzene rings is 4. The van der Waals surface area contributed by atoms with Crippen molar-refractivity contribution < 1.29 is 108 Å². The Bertz CT molecular complexity index is 3120. The van der Waals surface area contributed by atoms with Crippen LogP contribution < -0.4 is 0 Å². The van der Waals surface area contributed by atoms with E-state index in [2.05, 4.69) is 19.9 Å². The van der Waals surface area contributed by atoms with Crippen LogP contribution in [0.4, 0.5) is 87.8 Å². The molecule has 69 heavy (non-hydrogen) atoms. The van der Waals surface area contributed by atoms with Gasteiger partial charge >= 0.3 is 0 Å². The number of aromatic amines is 2. The molecule has 0 fully saturated rings. The fourth-order valence-corrected chi connectivity index (χ4v) is 7.56. The zero-order chi connectivity index (χ0) is 49.3. The first-order valence-corrected chi connectivity index (χ1v) is 18.3. The van der Waals surface area contributed by atoms with E-state index in [4.69, 9.17) is 0 Å². The Morgan fingerprint density at radius 2 is 0.362 bits per heavy atom. The molecule has 7 aromatic rings. The van der Waals surface area contributed by atoms with Crippen molar-refractivity contribution in [1.82, 2.24) is 19.9 Å². The van der Waals surface area contributed by atoms with Crippen LogP contribution in [-0.4, -0.2) is 19.9 Å². The maximum atomic E-state index is 15.8. The van der Waals surface area contributed by atoms with Crippen LogP contribution in [0.3, 0.4) is 0 Å². The van der Waals surface area contributed by atoms with Gasteiger partial charge in [0.25, 0.3) is 0 Å². The average Bonchev–Trinajstić information content (AvgIpc) is 4.18. The third-order valence-corrected chi connectivity index (χ3v) is 10.6. The van der Waals surface area contributed by atoms with E-state index in [1.54, 1.807) is 0 Å². The maximum absolute atomic E-state index is 15.8. The van der Waals surface area contributed by atoms with Gasteiger partial charge in [-0.2, -0.15) is 0 Å². The first kappa shape index (κ1) is 48.2. The van der Waals surface area contributed by atoms with Crippen molar-refractivity contribution in [2.75, 3.05) is 0 Å². The fraction of sp³-hybridized carbons (Fsp3) is 0. The molecular weight excluding hydrogens is 1070 g/mol. The molecule has 2 aliphatic rings. The standard InChI is InChI=1S/C44H10F20N4.Pd/c45-25-21(26(46)34(54)41(61)33(25)53)17-9-1-2-10(65-9)18(22-27(47)35(55)42(62)36(56)28(22)48)12-5-6-14(67-12)20(24-31(51)39(59)44(64)40(60)32(24)52)16-8-7-15(68-16)19(13-4-3-11(17)66-13)23-29(49)37(57)43(63)38(58)30(23)50;/h1-8,65,68H;. The SMILES string of the molecule is Fc1c(F)c(F)c(-c2c3nc(c(-c4c(F)c(F)c(F)c(F)c4F)c4ccc([nH]4)c(-c4c(F)c(F)c(F)c(F)c4F)c4nc(c(-c5c(F)c(F)c(F)c(F)c5F)c5ccc2[nH]5)C=C4)C=C3)c(F)c1F.[Pd]. The number of hydrogen-bond acceptors (Lipinski definition) is 2. The number of halogens is 20. The van der Waals surface area contributed by atoms with Crippen molar-refractivity contribution in [2.45, 2.75) is 0 Å². The largest absolute Gasteiger partial charge is 0.354 e. The van der Waals surface area contributed by atoms with Gasteiger partial charge in [-0.05, 0) is 48.6 Å². The van der Waals surface area contributed by atoms with Gasteiger partial charge in [0.05, 0.1) is 45.0 Å². The van der Waals surface area contributed by atoms with Crippen molar-refractivity contribution in [2.24, 2.45) is 0 Å². The Labute approximate surface area is 381 Å². The summed E-state index contributed by atoms with van der Waals surface area (Å²) in [6, 6.07) is 2.51. The summed E-state index contributed by atoms with van der Waals surface area (Å²) < 4.78 is 303. The normalized spacial score (nSPS) is 12.1. The summed E-state index contributed by atoms with van der Waals surface area (Å²) in [5.41, 5.74) is -20.5. The molecule has 25 heteroatoms. The van der Waals surface area contributed by atoms with Gasteiger partial charge in [0.1, 0.15) is 0 Å². The molecule has 356 valence electrons. The van der Waals surface area contributed by atoms with E-state index < -0.39 is 206 Å². The van der Waals surface area contributed by atoms with Crippen molar-refractivity contribution in [3.05, 3.63) is 163 Å². The van der Waals surface area contributed by atoms with Crippen LogP contribution in [0.2, 0.25) is 0 Å². The Balaban J connectivity index is 0.00000642. The van der Waals surface area contributed by atoms with Gasteiger partial charge < -0.3 is 9.97 Å². The van der Waals surface area contributed by atoms with Crippen molar-refractivity contribution in [3.8, 4) is 44.5 Å². The van der Waals surface area contributed by atoms with Crippen molar-refractivity contribution in [3.63, 3.8) is 0 Å². The third-order valence-electron chi connectivity index (χ3n) is 10.6. The van der Waals surface area contributed by atoms with Crippen LogP contribution in [0.25, 0.3) is 90.9 Å². The molecule has 0 saturated heterocycles. The van der Waals surface area contributed by atoms with Crippen molar-refractivity contribution >= 4 is 46.4 Å². The molecule has 0 aliphatic carbocycles. The van der Waals surface area contributed by atoms with E-state index in [-0.39, 0.29) is 20.4 Å². The summed E-state index contributed by atoms with van der Waals surface area (Å²) in [7, 11) is 0. The van der Waals surface area contributed by atoms with Crippen LogP contribution >= 0.6 is 0 Å². The Morgan fingerprint density at radius 3 is 0.522 bits per heavy atom. The van der Waals surface area contributed by atoms with Gasteiger partial charge in [0.2, 0.25) is 23.3 Å². The average molecular weight is 1080 g/mol. The predicted octanol–water partition coefficient (Wildman–Crippen LogP) is 14.1. The molecule has 0 unspecified atom stereocenters. The minimum atomic E-state index is -2.72. The summed E-state index contributed by atoms with van der Waals surface area (Å²) in [5, 5.41) is 0. The number of aromatic nitrogens is 4. The van der Waals surface area contributed by atoms with Gasteiger partial charge in [0, 0.05) is 64.7 Å². The molecule has 4 nitrogen and oxygen atoms in total. The van der Waals surface area contributed by atoms with Crippen LogP contribution in [0.15, 0.2) is 24.3 Å². The van der Waals surface area contributed by atoms with Gasteiger partial charge in [-0.25, -0.2) is 97.8 Å². The van der Waals surface area contributed by atoms with Gasteiger partial charge in [0.15, 0.2) is 93.1 Å². The number of hydrogen-bond donors (Lipinski definition) is 2. The van der Waals surface area contributed by atoms with E-state index in [1.807, 2.05) is 0 Å². The predicted molar refractivity (Wildman–Crippen MR) is 200 cm³/mol. The second-order valence-electron chi connectivity index (χ2n) is 14.3. The van der Waals surface area contributed by atoms with Gasteiger partial charge in [-0.1, -0.05) is 0 Å². The third kappa shape index (κ3) is 7.02. The molecule has 0 amide bonds. The minimum Gasteiger partial charge on any atom is -0.354 e. The van der Waals surface area contributed by atoms with Crippen LogP contribution in [0.1, 0.15) is 22.8 Å². The smallest absolute Gasteiger partial charge is 0.200 e. The zero-order valence-electron chi connectivity index (χ0n) is 32.4. The fourth-order valence-electron chi connectivity index (χ4n) is 7.56. The molecule has 0 saturated carbocycles. The molecule has 9 rings (SSSR count). The second-order valence-corrected chi connectivity index (χ2v) is 14.3. The summed E-state index contributed by atoms with van der Waals surface area (Å²) in [4.78, 5) is 12.3. The summed E-state index contributed by atoms with van der Waals surface area (Å²) >= 11 is 0. The molecule has 8 bridgehead atoms. The number of H-pyrrole nitrogens is 2. The van der Waals surface area contributed by atoms with E-state index >= 15 is 35.1 Å². The topological polar surface area (TPSA) is 57.4 Å². The summed E-state index contributed by atoms with van der Waals surface area (Å²) in [6.07, 6.45) is 2.40. The first-order valence-electron chi connectivity index (χ1n) is 18.3. The van der Waals surface area contributed by atoms with E-state index in [1.165, 1.54) is 0 Å². The number of rotatable bonds is 4. The van der Waals surface area contributed by atoms with Crippen LogP contribution in [0, 0.1) is 116 Å². The van der Waals surface area contributed by atoms with Crippen molar-refractivity contribution in [1.29, 1.82) is 0 Å². The molecule has 0 atom stereocenters. The summed E-state index contributed by atoms with van der Waals surface area (Å²) in [6.45, 7) is 0. The molecule has 3 aromatic heterocycles. The second kappa shape index (κ2) is 17.1.